The van der Waals surface area contributed by atoms with Crippen molar-refractivity contribution in [3.63, 3.8) is 0 Å². The van der Waals surface area contributed by atoms with E-state index in [9.17, 15) is 20.1 Å². The molecule has 0 spiro atoms. The summed E-state index contributed by atoms with van der Waals surface area (Å²) in [5.41, 5.74) is 1.89. The van der Waals surface area contributed by atoms with Crippen LogP contribution < -0.4 is 14.5 Å². The van der Waals surface area contributed by atoms with Crippen molar-refractivity contribution in [3.05, 3.63) is 71.8 Å². The normalized spacial score (nSPS) is 16.6. The van der Waals surface area contributed by atoms with Gasteiger partial charge in [0.25, 0.3) is 5.91 Å². The van der Waals surface area contributed by atoms with Crippen LogP contribution in [0.1, 0.15) is 27.9 Å². The predicted molar refractivity (Wildman–Crippen MR) is 160 cm³/mol. The first-order chi connectivity index (χ1) is 20.4. The largest absolute Gasteiger partial charge is 0.475 e. The van der Waals surface area contributed by atoms with Gasteiger partial charge in [-0.05, 0) is 38.0 Å². The molecule has 0 bridgehead atoms. The van der Waals surface area contributed by atoms with E-state index in [4.69, 9.17) is 9.72 Å². The first-order valence-corrected chi connectivity index (χ1v) is 14.0. The van der Waals surface area contributed by atoms with Gasteiger partial charge in [0.1, 0.15) is 24.1 Å². The Bertz CT molecular complexity index is 1620. The molecule has 2 amide bonds. The Hall–Kier alpha value is -4.93. The van der Waals surface area contributed by atoms with Gasteiger partial charge in [-0.15, -0.1) is 0 Å². The number of hydrogen-bond acceptors (Lipinski definition) is 8. The third-order valence-electron chi connectivity index (χ3n) is 7.80. The van der Waals surface area contributed by atoms with Gasteiger partial charge in [0.05, 0.1) is 29.8 Å². The smallest absolute Gasteiger partial charge is 0.260 e. The molecule has 2 aliphatic rings. The Morgan fingerprint density at radius 2 is 1.95 bits per heavy atom. The molecule has 10 heteroatoms. The Labute approximate surface area is 245 Å². The summed E-state index contributed by atoms with van der Waals surface area (Å²) < 4.78 is 6.04. The summed E-state index contributed by atoms with van der Waals surface area (Å²) in [6.07, 6.45) is 1.89. The summed E-state index contributed by atoms with van der Waals surface area (Å²) in [6.45, 7) is 6.08. The van der Waals surface area contributed by atoms with Gasteiger partial charge in [-0.3, -0.25) is 9.59 Å². The van der Waals surface area contributed by atoms with Crippen molar-refractivity contribution in [2.45, 2.75) is 18.9 Å². The average molecular weight is 564 g/mol. The van der Waals surface area contributed by atoms with Crippen LogP contribution in [0, 0.1) is 22.7 Å². The standard InChI is InChI=1S/C32H33N7O3/c1-4-28(40)38-17-16-37(21-23(38)12-14-33)30-25-13-15-39(27-11-7-9-22-8-5-6-10-24(22)27)32(41)29(25)26(20-34)31(35-30)42-19-18-36(2)3/h4-11,23H,1,12-13,15-19,21H2,2-3H3/t23-/m1/s1. The quantitative estimate of drug-likeness (QED) is 0.383. The summed E-state index contributed by atoms with van der Waals surface area (Å²) in [4.78, 5) is 39.0. The highest BCUT2D eigenvalue weighted by Crippen LogP contribution is 2.38. The maximum absolute atomic E-state index is 14.3. The minimum atomic E-state index is -0.369. The van der Waals surface area contributed by atoms with E-state index >= 15 is 0 Å². The third-order valence-corrected chi connectivity index (χ3v) is 7.80. The molecule has 0 radical (unpaired) electrons. The number of aromatic nitrogens is 1. The van der Waals surface area contributed by atoms with Gasteiger partial charge in [0.15, 0.2) is 0 Å². The van der Waals surface area contributed by atoms with Crippen molar-refractivity contribution in [1.82, 2.24) is 14.8 Å². The molecule has 0 unspecified atom stereocenters. The summed E-state index contributed by atoms with van der Waals surface area (Å²) in [6, 6.07) is 17.8. The monoisotopic (exact) mass is 563 g/mol. The lowest BCUT2D eigenvalue weighted by Crippen LogP contribution is -2.55. The van der Waals surface area contributed by atoms with Crippen LogP contribution in [0.5, 0.6) is 5.88 Å². The van der Waals surface area contributed by atoms with E-state index in [1.54, 1.807) is 9.80 Å². The zero-order valence-electron chi connectivity index (χ0n) is 23.9. The third kappa shape index (κ3) is 5.37. The molecular formula is C32H33N7O3. The Kier molecular flexibility index (Phi) is 8.37. The van der Waals surface area contributed by atoms with Gasteiger partial charge in [-0.1, -0.05) is 43.0 Å². The number of amides is 2. The van der Waals surface area contributed by atoms with Gasteiger partial charge in [-0.2, -0.15) is 15.5 Å². The number of carbonyl (C=O) groups is 2. The zero-order chi connectivity index (χ0) is 29.8. The second kappa shape index (κ2) is 12.3. The van der Waals surface area contributed by atoms with E-state index in [1.807, 2.05) is 66.4 Å². The molecule has 1 atom stereocenters. The van der Waals surface area contributed by atoms with Crippen LogP contribution in [-0.2, 0) is 11.2 Å². The summed E-state index contributed by atoms with van der Waals surface area (Å²) in [5, 5.41) is 21.8. The van der Waals surface area contributed by atoms with Crippen LogP contribution in [0.2, 0.25) is 0 Å². The number of piperazine rings is 1. The van der Waals surface area contributed by atoms with Crippen molar-refractivity contribution in [1.29, 1.82) is 10.5 Å². The number of anilines is 2. The average Bonchev–Trinajstić information content (AvgIpc) is 3.00. The number of nitrogens with zero attached hydrogens (tertiary/aromatic N) is 7. The van der Waals surface area contributed by atoms with Crippen LogP contribution in [0.4, 0.5) is 11.5 Å². The molecule has 3 aromatic rings. The molecule has 10 nitrogen and oxygen atoms in total. The number of carbonyl (C=O) groups excluding carboxylic acids is 2. The van der Waals surface area contributed by atoms with Crippen LogP contribution in [0.25, 0.3) is 10.8 Å². The predicted octanol–water partition coefficient (Wildman–Crippen LogP) is 3.37. The van der Waals surface area contributed by atoms with Gasteiger partial charge < -0.3 is 24.3 Å². The van der Waals surface area contributed by atoms with E-state index in [0.29, 0.717) is 56.1 Å². The highest BCUT2D eigenvalue weighted by Gasteiger charge is 2.37. The molecular weight excluding hydrogens is 530 g/mol. The number of hydrogen-bond donors (Lipinski definition) is 0. The van der Waals surface area contributed by atoms with Crippen molar-refractivity contribution < 1.29 is 14.3 Å². The molecule has 214 valence electrons. The topological polar surface area (TPSA) is 117 Å². The fourth-order valence-electron chi connectivity index (χ4n) is 5.73. The maximum Gasteiger partial charge on any atom is 0.260 e. The van der Waals surface area contributed by atoms with Crippen LogP contribution in [0.3, 0.4) is 0 Å². The second-order valence-corrected chi connectivity index (χ2v) is 10.6. The minimum Gasteiger partial charge on any atom is -0.475 e. The lowest BCUT2D eigenvalue weighted by molar-refractivity contribution is -0.128. The van der Waals surface area contributed by atoms with Gasteiger partial charge >= 0.3 is 0 Å². The molecule has 5 rings (SSSR count). The highest BCUT2D eigenvalue weighted by molar-refractivity contribution is 6.14. The molecule has 0 aliphatic carbocycles. The van der Waals surface area contributed by atoms with E-state index in [2.05, 4.69) is 18.7 Å². The molecule has 2 aliphatic heterocycles. The van der Waals surface area contributed by atoms with Crippen LogP contribution in [-0.4, -0.2) is 86.1 Å². The number of fused-ring (bicyclic) bond motifs is 2. The van der Waals surface area contributed by atoms with Crippen molar-refractivity contribution in [3.8, 4) is 18.0 Å². The Balaban J connectivity index is 1.60. The molecule has 0 N–H and O–H groups in total. The second-order valence-electron chi connectivity index (χ2n) is 10.6. The summed E-state index contributed by atoms with van der Waals surface area (Å²) in [5.74, 6) is 0.170. The SMILES string of the molecule is C=CC(=O)N1CCN(c2nc(OCCN(C)C)c(C#N)c3c2CCN(c2cccc4ccccc24)C3=O)C[C@H]1CC#N. The fourth-order valence-corrected chi connectivity index (χ4v) is 5.73. The maximum atomic E-state index is 14.3. The number of ether oxygens (including phenoxy) is 1. The van der Waals surface area contributed by atoms with Crippen LogP contribution in [0.15, 0.2) is 55.1 Å². The molecule has 1 saturated heterocycles. The number of pyridine rings is 1. The number of likely N-dealkylation sites (N-methyl/N-ethyl adjacent to an activating group) is 1. The van der Waals surface area contributed by atoms with E-state index < -0.39 is 0 Å². The Morgan fingerprint density at radius 1 is 1.17 bits per heavy atom. The van der Waals surface area contributed by atoms with Gasteiger partial charge in [-0.25, -0.2) is 0 Å². The molecule has 2 aromatic carbocycles. The highest BCUT2D eigenvalue weighted by atomic mass is 16.5. The summed E-state index contributed by atoms with van der Waals surface area (Å²) >= 11 is 0. The first-order valence-electron chi connectivity index (χ1n) is 14.0. The minimum absolute atomic E-state index is 0.114. The van der Waals surface area contributed by atoms with Crippen molar-refractivity contribution >= 4 is 34.1 Å². The zero-order valence-corrected chi connectivity index (χ0v) is 23.9. The lowest BCUT2D eigenvalue weighted by Gasteiger charge is -2.42. The van der Waals surface area contributed by atoms with E-state index in [1.165, 1.54) is 6.08 Å². The van der Waals surface area contributed by atoms with Crippen molar-refractivity contribution in [2.75, 3.05) is 63.2 Å². The summed E-state index contributed by atoms with van der Waals surface area (Å²) in [7, 11) is 3.84. The van der Waals surface area contributed by atoms with E-state index in [0.717, 1.165) is 16.5 Å². The molecule has 1 fully saturated rings. The van der Waals surface area contributed by atoms with Crippen molar-refractivity contribution in [2.24, 2.45) is 0 Å². The van der Waals surface area contributed by atoms with Gasteiger partial charge in [0, 0.05) is 43.7 Å². The molecule has 1 aromatic heterocycles. The van der Waals surface area contributed by atoms with Gasteiger partial charge in [0.2, 0.25) is 11.8 Å². The van der Waals surface area contributed by atoms with E-state index in [-0.39, 0.29) is 42.3 Å². The Morgan fingerprint density at radius 3 is 2.69 bits per heavy atom. The number of benzene rings is 2. The molecule has 3 heterocycles. The first kappa shape index (κ1) is 28.6. The van der Waals surface area contributed by atoms with Crippen LogP contribution >= 0.6 is 0 Å². The number of rotatable bonds is 8. The molecule has 42 heavy (non-hydrogen) atoms. The lowest BCUT2D eigenvalue weighted by atomic mass is 9.93. The molecule has 0 saturated carbocycles. The fraction of sp³-hybridized carbons (Fsp3) is 0.344. The number of nitriles is 2.